The van der Waals surface area contributed by atoms with Crippen molar-refractivity contribution < 1.29 is 0 Å². The van der Waals surface area contributed by atoms with Gasteiger partial charge in [-0.3, -0.25) is 0 Å². The summed E-state index contributed by atoms with van der Waals surface area (Å²) in [4.78, 5) is 2.50. The molecular weight excluding hydrogens is 985 g/mol. The first kappa shape index (κ1) is 46.3. The summed E-state index contributed by atoms with van der Waals surface area (Å²) in [7, 11) is 0. The van der Waals surface area contributed by atoms with Gasteiger partial charge < -0.3 is 9.47 Å². The second kappa shape index (κ2) is 18.7. The van der Waals surface area contributed by atoms with Crippen LogP contribution in [0.2, 0.25) is 0 Å². The molecule has 0 saturated heterocycles. The van der Waals surface area contributed by atoms with Crippen LogP contribution in [0.4, 0.5) is 17.1 Å². The van der Waals surface area contributed by atoms with Gasteiger partial charge >= 0.3 is 0 Å². The molecule has 0 fully saturated rings. The molecule has 16 rings (SSSR count). The Kier molecular flexibility index (Phi) is 10.8. The number of hydrogen-bond donors (Lipinski definition) is 0. The molecule has 2 heterocycles. The van der Waals surface area contributed by atoms with Crippen LogP contribution in [-0.4, -0.2) is 4.57 Å². The number of fused-ring (bicyclic) bond motifs is 11. The molecule has 2 aliphatic carbocycles. The lowest BCUT2D eigenvalue weighted by molar-refractivity contribution is 0.768. The first-order valence-electron chi connectivity index (χ1n) is 27.9. The lowest BCUT2D eigenvalue weighted by Gasteiger charge is -2.35. The Bertz CT molecular complexity index is 4750. The van der Waals surface area contributed by atoms with Crippen LogP contribution in [0.15, 0.2) is 291 Å². The molecule has 0 atom stereocenters. The van der Waals surface area contributed by atoms with E-state index in [4.69, 9.17) is 0 Å². The second-order valence-corrected chi connectivity index (χ2v) is 22.5. The van der Waals surface area contributed by atoms with Gasteiger partial charge in [0.1, 0.15) is 0 Å². The van der Waals surface area contributed by atoms with E-state index in [2.05, 4.69) is 301 Å². The van der Waals surface area contributed by atoms with Gasteiger partial charge in [0, 0.05) is 59.3 Å². The topological polar surface area (TPSA) is 8.17 Å². The van der Waals surface area contributed by atoms with Crippen molar-refractivity contribution in [3.63, 3.8) is 0 Å². The lowest BCUT2D eigenvalue weighted by atomic mass is 9.67. The Morgan fingerprint density at radius 1 is 0.388 bits per heavy atom. The predicted octanol–water partition coefficient (Wildman–Crippen LogP) is 21.2. The predicted molar refractivity (Wildman–Crippen MR) is 340 cm³/mol. The quantitative estimate of drug-likeness (QED) is 0.140. The van der Waals surface area contributed by atoms with Gasteiger partial charge in [-0.25, -0.2) is 0 Å². The Hall–Kier alpha value is -9.80. The van der Waals surface area contributed by atoms with E-state index in [1.807, 2.05) is 11.3 Å². The summed E-state index contributed by atoms with van der Waals surface area (Å²) in [6.07, 6.45) is 9.09. The molecular formula is C77H52N2S. The molecule has 0 unspecified atom stereocenters. The maximum absolute atomic E-state index is 2.56. The van der Waals surface area contributed by atoms with Gasteiger partial charge in [0.25, 0.3) is 0 Å². The minimum atomic E-state index is -0.559. The van der Waals surface area contributed by atoms with E-state index in [1.165, 1.54) is 114 Å². The molecule has 0 radical (unpaired) electrons. The van der Waals surface area contributed by atoms with Gasteiger partial charge in [0.2, 0.25) is 0 Å². The molecule has 376 valence electrons. The Balaban J connectivity index is 1.00. The largest absolute Gasteiger partial charge is 0.310 e. The third kappa shape index (κ3) is 7.17. The molecule has 3 heteroatoms. The zero-order valence-corrected chi connectivity index (χ0v) is 44.7. The van der Waals surface area contributed by atoms with Crippen LogP contribution in [0, 0.1) is 0 Å². The molecule has 0 bridgehead atoms. The number of anilines is 3. The van der Waals surface area contributed by atoms with Crippen molar-refractivity contribution in [1.82, 2.24) is 4.57 Å². The van der Waals surface area contributed by atoms with Crippen LogP contribution < -0.4 is 4.90 Å². The summed E-state index contributed by atoms with van der Waals surface area (Å²) in [6, 6.07) is 102. The van der Waals surface area contributed by atoms with Crippen LogP contribution in [0.1, 0.15) is 40.7 Å². The number of para-hydroxylation sites is 1. The van der Waals surface area contributed by atoms with Gasteiger partial charge in [-0.05, 0) is 152 Å². The zero-order valence-electron chi connectivity index (χ0n) is 43.9. The van der Waals surface area contributed by atoms with E-state index in [0.717, 1.165) is 41.1 Å². The maximum atomic E-state index is 2.56. The van der Waals surface area contributed by atoms with Gasteiger partial charge in [0.15, 0.2) is 0 Å². The number of allylic oxidation sites excluding steroid dienone is 4. The fraction of sp³-hybridized carbons (Fsp3) is 0.0390. The zero-order chi connectivity index (χ0) is 52.7. The fourth-order valence-electron chi connectivity index (χ4n) is 13.6. The Labute approximate surface area is 469 Å². The van der Waals surface area contributed by atoms with Crippen LogP contribution in [-0.2, 0) is 5.41 Å². The molecule has 0 aliphatic heterocycles. The molecule has 2 aromatic heterocycles. The molecule has 0 N–H and O–H groups in total. The van der Waals surface area contributed by atoms with E-state index in [-0.39, 0.29) is 0 Å². The van der Waals surface area contributed by atoms with E-state index >= 15 is 0 Å². The van der Waals surface area contributed by atoms with Crippen molar-refractivity contribution in [2.45, 2.75) is 18.3 Å². The van der Waals surface area contributed by atoms with Crippen molar-refractivity contribution in [3.05, 3.63) is 319 Å². The number of thiophene rings is 1. The van der Waals surface area contributed by atoms with Crippen LogP contribution in [0.5, 0.6) is 0 Å². The van der Waals surface area contributed by atoms with Crippen LogP contribution >= 0.6 is 11.3 Å². The molecule has 2 aliphatic rings. The summed E-state index contributed by atoms with van der Waals surface area (Å²) >= 11 is 1.90. The Morgan fingerprint density at radius 3 is 1.80 bits per heavy atom. The van der Waals surface area contributed by atoms with Crippen molar-refractivity contribution in [2.75, 3.05) is 4.90 Å². The minimum Gasteiger partial charge on any atom is -0.310 e. The van der Waals surface area contributed by atoms with Crippen molar-refractivity contribution in [1.29, 1.82) is 0 Å². The number of nitrogens with zero attached hydrogens (tertiary/aromatic N) is 2. The highest BCUT2D eigenvalue weighted by Crippen LogP contribution is 2.58. The third-order valence-electron chi connectivity index (χ3n) is 17.1. The van der Waals surface area contributed by atoms with Crippen LogP contribution in [0.3, 0.4) is 0 Å². The number of hydrogen-bond acceptors (Lipinski definition) is 2. The molecule has 14 aromatic rings. The molecule has 12 aromatic carbocycles. The normalized spacial score (nSPS) is 13.5. The van der Waals surface area contributed by atoms with E-state index in [1.54, 1.807) is 0 Å². The summed E-state index contributed by atoms with van der Waals surface area (Å²) in [5.41, 5.74) is 21.1. The van der Waals surface area contributed by atoms with Crippen molar-refractivity contribution in [3.8, 4) is 39.1 Å². The summed E-state index contributed by atoms with van der Waals surface area (Å²) in [5, 5.41) is 7.52. The highest BCUT2D eigenvalue weighted by molar-refractivity contribution is 7.26. The fourth-order valence-corrected chi connectivity index (χ4v) is 14.7. The van der Waals surface area contributed by atoms with E-state index < -0.39 is 5.41 Å². The second-order valence-electron chi connectivity index (χ2n) is 21.4. The maximum Gasteiger partial charge on any atom is 0.0714 e. The third-order valence-corrected chi connectivity index (χ3v) is 18.2. The smallest absolute Gasteiger partial charge is 0.0714 e. The first-order valence-corrected chi connectivity index (χ1v) is 28.7. The summed E-state index contributed by atoms with van der Waals surface area (Å²) < 4.78 is 5.12. The number of benzene rings is 12. The van der Waals surface area contributed by atoms with Gasteiger partial charge in [0.05, 0.1) is 16.4 Å². The average molecular weight is 1040 g/mol. The minimum absolute atomic E-state index is 0.559. The molecule has 2 nitrogen and oxygen atoms in total. The Morgan fingerprint density at radius 2 is 1.02 bits per heavy atom. The van der Waals surface area contributed by atoms with Crippen molar-refractivity contribution >= 4 is 86.7 Å². The lowest BCUT2D eigenvalue weighted by Crippen LogP contribution is -2.28. The van der Waals surface area contributed by atoms with E-state index in [9.17, 15) is 0 Å². The van der Waals surface area contributed by atoms with Gasteiger partial charge in [-0.2, -0.15) is 0 Å². The van der Waals surface area contributed by atoms with Crippen molar-refractivity contribution in [2.24, 2.45) is 0 Å². The number of aromatic nitrogens is 1. The molecule has 0 spiro atoms. The average Bonchev–Trinajstić information content (AvgIpc) is 4.32. The standard InChI is InChI=1S/C77H52N2S/c1-6-21-51(22-7-1)53-37-40-59(41-38-53)78(60-42-44-65-64-34-18-19-36-69(64)77(70(65)48-60,56-27-10-3-11-28-56)57-29-12-4-13-30-57)61-43-45-66-71(49-61)79(58-31-14-5-15-32-58)76-67(63-35-20-26-54-25-16-17-33-62(54)63)50-73-74(75(66)76)68-47-55(39-46-72(68)80-73)52-23-8-2-9-24-52/h2-6,8-50H,1,7H2. The molecule has 80 heavy (non-hydrogen) atoms. The highest BCUT2D eigenvalue weighted by atomic mass is 32.1. The summed E-state index contributed by atoms with van der Waals surface area (Å²) in [6.45, 7) is 0. The SMILES string of the molecule is C1=CC(c2ccc(N(c3ccc4c(c3)C(c3ccccc3)(c3ccccc3)c3ccccc3-4)c3ccc4c5c6c(cc(-c7cccc8ccccc78)c5n(-c5ccccc5)c4c3)sc3ccc(-c4ccccc4)cc36)cc2)=CCC1. The van der Waals surface area contributed by atoms with E-state index in [0.29, 0.717) is 0 Å². The summed E-state index contributed by atoms with van der Waals surface area (Å²) in [5.74, 6) is 0. The van der Waals surface area contributed by atoms with Gasteiger partial charge in [-0.1, -0.05) is 224 Å². The molecule has 0 saturated carbocycles. The monoisotopic (exact) mass is 1040 g/mol. The number of rotatable bonds is 9. The van der Waals surface area contributed by atoms with Crippen LogP contribution in [0.25, 0.3) is 97.4 Å². The first-order chi connectivity index (χ1) is 39.7. The van der Waals surface area contributed by atoms with Gasteiger partial charge in [-0.15, -0.1) is 11.3 Å². The molecule has 0 amide bonds. The highest BCUT2D eigenvalue weighted by Gasteiger charge is 2.46.